The average molecular weight is 283 g/mol. The summed E-state index contributed by atoms with van der Waals surface area (Å²) in [5.74, 6) is -1.66. The summed E-state index contributed by atoms with van der Waals surface area (Å²) >= 11 is 5.66. The van der Waals surface area contributed by atoms with Crippen molar-refractivity contribution in [2.45, 2.75) is 6.61 Å². The number of aromatic nitrogens is 2. The van der Waals surface area contributed by atoms with Crippen molar-refractivity contribution in [3.8, 4) is 5.75 Å². The van der Waals surface area contributed by atoms with Gasteiger partial charge in [-0.15, -0.1) is 0 Å². The van der Waals surface area contributed by atoms with Crippen LogP contribution in [0.5, 0.6) is 5.75 Å². The molecule has 0 unspecified atom stereocenters. The Morgan fingerprint density at radius 3 is 2.79 bits per heavy atom. The maximum atomic E-state index is 13.3. The van der Waals surface area contributed by atoms with Crippen LogP contribution in [0.15, 0.2) is 30.3 Å². The summed E-state index contributed by atoms with van der Waals surface area (Å²) in [5.41, 5.74) is -0.243. The van der Waals surface area contributed by atoms with Crippen molar-refractivity contribution in [1.82, 2.24) is 9.97 Å². The molecule has 0 aliphatic rings. The van der Waals surface area contributed by atoms with E-state index in [-0.39, 0.29) is 29.0 Å². The minimum Gasteiger partial charge on any atom is -0.483 e. The van der Waals surface area contributed by atoms with Crippen molar-refractivity contribution in [3.63, 3.8) is 0 Å². The maximum Gasteiger partial charge on any atom is 0.354 e. The molecule has 0 radical (unpaired) electrons. The van der Waals surface area contributed by atoms with Crippen LogP contribution >= 0.6 is 11.6 Å². The van der Waals surface area contributed by atoms with Gasteiger partial charge in [0, 0.05) is 6.07 Å². The second-order valence-electron chi connectivity index (χ2n) is 3.52. The summed E-state index contributed by atoms with van der Waals surface area (Å²) < 4.78 is 18.5. The zero-order valence-electron chi connectivity index (χ0n) is 9.51. The molecule has 2 rings (SSSR count). The molecule has 7 heteroatoms. The summed E-state index contributed by atoms with van der Waals surface area (Å²) in [6, 6.07) is 6.95. The summed E-state index contributed by atoms with van der Waals surface area (Å²) in [6.45, 7) is -0.179. The first kappa shape index (κ1) is 13.2. The fourth-order valence-electron chi connectivity index (χ4n) is 1.34. The summed E-state index contributed by atoms with van der Waals surface area (Å²) in [6.07, 6.45) is 0. The van der Waals surface area contributed by atoms with E-state index in [4.69, 9.17) is 21.4 Å². The Bertz CT molecular complexity index is 622. The zero-order chi connectivity index (χ0) is 13.8. The lowest BCUT2D eigenvalue weighted by Gasteiger charge is -2.06. The van der Waals surface area contributed by atoms with Crippen LogP contribution < -0.4 is 4.74 Å². The number of ether oxygens (including phenoxy) is 1. The lowest BCUT2D eigenvalue weighted by molar-refractivity contribution is 0.0689. The number of carboxylic acids is 1. The molecular formula is C12H8ClFN2O3. The highest BCUT2D eigenvalue weighted by molar-refractivity contribution is 6.29. The summed E-state index contributed by atoms with van der Waals surface area (Å²) in [4.78, 5) is 18.3. The molecule has 0 fully saturated rings. The van der Waals surface area contributed by atoms with E-state index in [1.54, 1.807) is 6.07 Å². The van der Waals surface area contributed by atoms with E-state index in [2.05, 4.69) is 9.97 Å². The molecule has 0 atom stereocenters. The van der Waals surface area contributed by atoms with Gasteiger partial charge in [0.25, 0.3) is 0 Å². The molecule has 1 heterocycles. The van der Waals surface area contributed by atoms with E-state index in [9.17, 15) is 9.18 Å². The molecule has 1 aromatic carbocycles. The summed E-state index contributed by atoms with van der Waals surface area (Å²) in [7, 11) is 0. The predicted octanol–water partition coefficient (Wildman–Crippen LogP) is 2.55. The Morgan fingerprint density at radius 2 is 2.11 bits per heavy atom. The van der Waals surface area contributed by atoms with Gasteiger partial charge in [-0.05, 0) is 12.1 Å². The van der Waals surface area contributed by atoms with E-state index in [0.717, 1.165) is 6.07 Å². The van der Waals surface area contributed by atoms with Gasteiger partial charge in [0.05, 0.1) is 0 Å². The molecule has 0 spiro atoms. The third-order valence-corrected chi connectivity index (χ3v) is 2.35. The molecule has 0 bridgehead atoms. The van der Waals surface area contributed by atoms with Gasteiger partial charge >= 0.3 is 5.97 Å². The van der Waals surface area contributed by atoms with E-state index in [0.29, 0.717) is 0 Å². The topological polar surface area (TPSA) is 72.3 Å². The van der Waals surface area contributed by atoms with E-state index in [1.807, 2.05) is 0 Å². The predicted molar refractivity (Wildman–Crippen MR) is 64.7 cm³/mol. The van der Waals surface area contributed by atoms with E-state index in [1.165, 1.54) is 18.2 Å². The zero-order valence-corrected chi connectivity index (χ0v) is 10.3. The molecule has 0 amide bonds. The Hall–Kier alpha value is -2.21. The SMILES string of the molecule is O=C(O)c1cc(Cl)nc(COc2ccccc2F)n1. The number of aromatic carboxylic acids is 1. The maximum absolute atomic E-state index is 13.3. The first-order valence-corrected chi connectivity index (χ1v) is 5.58. The van der Waals surface area contributed by atoms with Crippen LogP contribution in [0.25, 0.3) is 0 Å². The Kier molecular flexibility index (Phi) is 3.91. The number of hydrogen-bond donors (Lipinski definition) is 1. The first-order chi connectivity index (χ1) is 9.06. The van der Waals surface area contributed by atoms with Crippen LogP contribution in [-0.4, -0.2) is 21.0 Å². The van der Waals surface area contributed by atoms with Crippen LogP contribution in [0.1, 0.15) is 16.3 Å². The Balaban J connectivity index is 2.16. The second kappa shape index (κ2) is 5.62. The fourth-order valence-corrected chi connectivity index (χ4v) is 1.54. The molecule has 0 aliphatic carbocycles. The standard InChI is InChI=1S/C12H8ClFN2O3/c13-10-5-8(12(17)18)15-11(16-10)6-19-9-4-2-1-3-7(9)14/h1-5H,6H2,(H,17,18). The van der Waals surface area contributed by atoms with E-state index < -0.39 is 11.8 Å². The molecule has 0 saturated heterocycles. The number of rotatable bonds is 4. The van der Waals surface area contributed by atoms with Crippen LogP contribution in [0, 0.1) is 5.82 Å². The third kappa shape index (κ3) is 3.38. The second-order valence-corrected chi connectivity index (χ2v) is 3.90. The highest BCUT2D eigenvalue weighted by Crippen LogP contribution is 2.17. The number of nitrogens with zero attached hydrogens (tertiary/aromatic N) is 2. The minimum absolute atomic E-state index is 0.0143. The lowest BCUT2D eigenvalue weighted by Crippen LogP contribution is -2.08. The molecule has 1 aromatic heterocycles. The van der Waals surface area contributed by atoms with Crippen LogP contribution in [-0.2, 0) is 6.61 Å². The van der Waals surface area contributed by atoms with Crippen LogP contribution in [0.4, 0.5) is 4.39 Å². The first-order valence-electron chi connectivity index (χ1n) is 5.20. The Morgan fingerprint density at radius 1 is 1.37 bits per heavy atom. The number of hydrogen-bond acceptors (Lipinski definition) is 4. The number of carboxylic acid groups (broad SMARTS) is 1. The number of benzene rings is 1. The quantitative estimate of drug-likeness (QED) is 0.873. The van der Waals surface area contributed by atoms with Gasteiger partial charge < -0.3 is 9.84 Å². The molecule has 2 aromatic rings. The molecule has 5 nitrogen and oxygen atoms in total. The minimum atomic E-state index is -1.23. The van der Waals surface area contributed by atoms with Crippen molar-refractivity contribution < 1.29 is 19.0 Å². The Labute approximate surface area is 112 Å². The highest BCUT2D eigenvalue weighted by Gasteiger charge is 2.10. The smallest absolute Gasteiger partial charge is 0.354 e. The normalized spacial score (nSPS) is 10.2. The lowest BCUT2D eigenvalue weighted by atomic mass is 10.3. The average Bonchev–Trinajstić information content (AvgIpc) is 2.37. The molecule has 98 valence electrons. The molecular weight excluding hydrogens is 275 g/mol. The van der Waals surface area contributed by atoms with Crippen molar-refractivity contribution in [2.24, 2.45) is 0 Å². The number of para-hydroxylation sites is 1. The van der Waals surface area contributed by atoms with Crippen molar-refractivity contribution in [2.75, 3.05) is 0 Å². The van der Waals surface area contributed by atoms with Crippen molar-refractivity contribution in [3.05, 3.63) is 52.8 Å². The largest absolute Gasteiger partial charge is 0.483 e. The van der Waals surface area contributed by atoms with Crippen LogP contribution in [0.3, 0.4) is 0 Å². The molecule has 1 N–H and O–H groups in total. The molecule has 0 saturated carbocycles. The van der Waals surface area contributed by atoms with E-state index >= 15 is 0 Å². The molecule has 19 heavy (non-hydrogen) atoms. The molecule has 0 aliphatic heterocycles. The van der Waals surface area contributed by atoms with Gasteiger partial charge in [-0.2, -0.15) is 0 Å². The van der Waals surface area contributed by atoms with Crippen molar-refractivity contribution >= 4 is 17.6 Å². The van der Waals surface area contributed by atoms with Crippen molar-refractivity contribution in [1.29, 1.82) is 0 Å². The van der Waals surface area contributed by atoms with Gasteiger partial charge in [0.2, 0.25) is 0 Å². The van der Waals surface area contributed by atoms with Crippen LogP contribution in [0.2, 0.25) is 5.15 Å². The number of carbonyl (C=O) groups is 1. The fraction of sp³-hybridized carbons (Fsp3) is 0.0833. The third-order valence-electron chi connectivity index (χ3n) is 2.15. The number of halogens is 2. The van der Waals surface area contributed by atoms with Gasteiger partial charge in [-0.3, -0.25) is 0 Å². The van der Waals surface area contributed by atoms with Gasteiger partial charge in [0.15, 0.2) is 23.1 Å². The van der Waals surface area contributed by atoms with Gasteiger partial charge in [-0.1, -0.05) is 23.7 Å². The van der Waals surface area contributed by atoms with Gasteiger partial charge in [0.1, 0.15) is 11.8 Å². The van der Waals surface area contributed by atoms with Gasteiger partial charge in [-0.25, -0.2) is 19.2 Å². The summed E-state index contributed by atoms with van der Waals surface area (Å²) in [5, 5.41) is 8.80. The highest BCUT2D eigenvalue weighted by atomic mass is 35.5. The monoisotopic (exact) mass is 282 g/mol.